The van der Waals surface area contributed by atoms with Crippen LogP contribution in [0.3, 0.4) is 0 Å². The van der Waals surface area contributed by atoms with Crippen molar-refractivity contribution in [3.05, 3.63) is 12.4 Å². The Morgan fingerprint density at radius 3 is 3.00 bits per heavy atom. The highest BCUT2D eigenvalue weighted by Crippen LogP contribution is 2.37. The Labute approximate surface area is 94.2 Å². The van der Waals surface area contributed by atoms with Crippen LogP contribution in [-0.2, 0) is 11.3 Å². The molecular formula is C10H17N5O. The van der Waals surface area contributed by atoms with Crippen LogP contribution in [0.1, 0.15) is 19.8 Å². The number of amides is 1. The normalized spacial score (nSPS) is 19.1. The van der Waals surface area contributed by atoms with E-state index in [-0.39, 0.29) is 5.91 Å². The first-order valence-corrected chi connectivity index (χ1v) is 5.52. The molecule has 1 aromatic heterocycles. The molecule has 1 aromatic rings. The smallest absolute Gasteiger partial charge is 0.240 e. The molecule has 16 heavy (non-hydrogen) atoms. The summed E-state index contributed by atoms with van der Waals surface area (Å²) >= 11 is 0. The van der Waals surface area contributed by atoms with Crippen molar-refractivity contribution >= 4 is 5.91 Å². The molecule has 88 valence electrons. The van der Waals surface area contributed by atoms with Crippen molar-refractivity contribution in [1.82, 2.24) is 20.3 Å². The van der Waals surface area contributed by atoms with E-state index < -0.39 is 5.54 Å². The third kappa shape index (κ3) is 2.38. The van der Waals surface area contributed by atoms with E-state index in [0.717, 1.165) is 12.8 Å². The topological polar surface area (TPSA) is 85.8 Å². The minimum atomic E-state index is -0.720. The second-order valence-corrected chi connectivity index (χ2v) is 4.48. The molecule has 1 aliphatic rings. The van der Waals surface area contributed by atoms with Gasteiger partial charge in [-0.25, -0.2) is 0 Å². The van der Waals surface area contributed by atoms with Crippen LogP contribution < -0.4 is 11.1 Å². The van der Waals surface area contributed by atoms with Gasteiger partial charge in [-0.3, -0.25) is 9.48 Å². The number of aromatic nitrogens is 3. The Kier molecular flexibility index (Phi) is 2.91. The molecule has 1 heterocycles. The predicted molar refractivity (Wildman–Crippen MR) is 58.3 cm³/mol. The molecule has 3 N–H and O–H groups in total. The van der Waals surface area contributed by atoms with E-state index in [0.29, 0.717) is 19.0 Å². The van der Waals surface area contributed by atoms with E-state index in [9.17, 15) is 4.79 Å². The molecule has 2 rings (SSSR count). The molecule has 1 saturated carbocycles. The lowest BCUT2D eigenvalue weighted by Crippen LogP contribution is -2.53. The molecule has 0 bridgehead atoms. The first-order valence-electron chi connectivity index (χ1n) is 5.52. The van der Waals surface area contributed by atoms with Gasteiger partial charge < -0.3 is 11.1 Å². The molecule has 6 nitrogen and oxygen atoms in total. The van der Waals surface area contributed by atoms with Gasteiger partial charge in [0, 0.05) is 12.7 Å². The van der Waals surface area contributed by atoms with E-state index in [1.165, 1.54) is 0 Å². The summed E-state index contributed by atoms with van der Waals surface area (Å²) < 4.78 is 1.67. The van der Waals surface area contributed by atoms with Gasteiger partial charge in [-0.15, -0.1) is 5.10 Å². The summed E-state index contributed by atoms with van der Waals surface area (Å²) in [4.78, 5) is 11.8. The molecule has 0 aliphatic heterocycles. The van der Waals surface area contributed by atoms with Crippen molar-refractivity contribution in [3.63, 3.8) is 0 Å². The van der Waals surface area contributed by atoms with Gasteiger partial charge in [-0.05, 0) is 25.7 Å². The number of nitrogens with one attached hydrogen (secondary N) is 1. The fourth-order valence-corrected chi connectivity index (χ4v) is 1.69. The maximum atomic E-state index is 11.8. The van der Waals surface area contributed by atoms with E-state index in [2.05, 4.69) is 15.6 Å². The first-order chi connectivity index (χ1) is 7.60. The SMILES string of the molecule is CC(N)(C(=O)NCCn1ccnn1)C1CC1. The van der Waals surface area contributed by atoms with Crippen LogP contribution in [0.15, 0.2) is 12.4 Å². The average molecular weight is 223 g/mol. The molecule has 1 amide bonds. The molecule has 1 aliphatic carbocycles. The molecule has 1 unspecified atom stereocenters. The highest BCUT2D eigenvalue weighted by Gasteiger charge is 2.43. The van der Waals surface area contributed by atoms with Crippen molar-refractivity contribution in [3.8, 4) is 0 Å². The van der Waals surface area contributed by atoms with Gasteiger partial charge in [0.15, 0.2) is 0 Å². The van der Waals surface area contributed by atoms with E-state index in [1.54, 1.807) is 24.0 Å². The van der Waals surface area contributed by atoms with Gasteiger partial charge in [0.05, 0.1) is 18.3 Å². The summed E-state index contributed by atoms with van der Waals surface area (Å²) in [6.07, 6.45) is 5.49. The second kappa shape index (κ2) is 4.21. The molecule has 6 heteroatoms. The van der Waals surface area contributed by atoms with Crippen molar-refractivity contribution < 1.29 is 4.79 Å². The number of nitrogens with two attached hydrogens (primary N) is 1. The minimum Gasteiger partial charge on any atom is -0.353 e. The van der Waals surface area contributed by atoms with E-state index in [4.69, 9.17) is 5.73 Å². The minimum absolute atomic E-state index is 0.0740. The van der Waals surface area contributed by atoms with Gasteiger partial charge in [0.25, 0.3) is 0 Å². The average Bonchev–Trinajstić information content (AvgIpc) is 2.99. The largest absolute Gasteiger partial charge is 0.353 e. The van der Waals surface area contributed by atoms with Crippen molar-refractivity contribution in [2.45, 2.75) is 31.8 Å². The van der Waals surface area contributed by atoms with Gasteiger partial charge in [0.1, 0.15) is 0 Å². The van der Waals surface area contributed by atoms with Crippen LogP contribution in [0.4, 0.5) is 0 Å². The Morgan fingerprint density at radius 1 is 1.69 bits per heavy atom. The predicted octanol–water partition coefficient (Wildman–Crippen LogP) is -0.478. The van der Waals surface area contributed by atoms with E-state index >= 15 is 0 Å². The van der Waals surface area contributed by atoms with Crippen LogP contribution in [0.25, 0.3) is 0 Å². The molecule has 1 atom stereocenters. The van der Waals surface area contributed by atoms with E-state index in [1.807, 2.05) is 0 Å². The molecule has 0 saturated heterocycles. The van der Waals surface area contributed by atoms with Gasteiger partial charge in [0.2, 0.25) is 5.91 Å². The summed E-state index contributed by atoms with van der Waals surface area (Å²) in [5.41, 5.74) is 5.26. The number of rotatable bonds is 5. The highest BCUT2D eigenvalue weighted by atomic mass is 16.2. The van der Waals surface area contributed by atoms with Crippen molar-refractivity contribution in [2.24, 2.45) is 11.7 Å². The summed E-state index contributed by atoms with van der Waals surface area (Å²) in [6, 6.07) is 0. The quantitative estimate of drug-likeness (QED) is 0.706. The van der Waals surface area contributed by atoms with Crippen LogP contribution in [-0.4, -0.2) is 33.0 Å². The Morgan fingerprint density at radius 2 is 2.44 bits per heavy atom. The van der Waals surface area contributed by atoms with Crippen molar-refractivity contribution in [2.75, 3.05) is 6.54 Å². The van der Waals surface area contributed by atoms with Crippen LogP contribution in [0.2, 0.25) is 0 Å². The Bertz CT molecular complexity index is 355. The Hall–Kier alpha value is -1.43. The molecule has 0 aromatic carbocycles. The monoisotopic (exact) mass is 223 g/mol. The fraction of sp³-hybridized carbons (Fsp3) is 0.700. The number of hydrogen-bond acceptors (Lipinski definition) is 4. The highest BCUT2D eigenvalue weighted by molar-refractivity contribution is 5.86. The first kappa shape index (κ1) is 11.1. The molecule has 1 fully saturated rings. The number of carbonyl (C=O) groups is 1. The third-order valence-corrected chi connectivity index (χ3v) is 3.01. The molecule has 0 radical (unpaired) electrons. The second-order valence-electron chi connectivity index (χ2n) is 4.48. The summed E-state index contributed by atoms with van der Waals surface area (Å²) in [5.74, 6) is 0.272. The zero-order valence-corrected chi connectivity index (χ0v) is 9.39. The third-order valence-electron chi connectivity index (χ3n) is 3.01. The van der Waals surface area contributed by atoms with Gasteiger partial charge in [-0.1, -0.05) is 5.21 Å². The lowest BCUT2D eigenvalue weighted by molar-refractivity contribution is -0.126. The standard InChI is InChI=1S/C10H17N5O/c1-10(11,8-2-3-8)9(16)12-4-6-15-7-5-13-14-15/h5,7-8H,2-4,6,11H2,1H3,(H,12,16). The lowest BCUT2D eigenvalue weighted by atomic mass is 9.96. The number of hydrogen-bond donors (Lipinski definition) is 2. The van der Waals surface area contributed by atoms with Crippen LogP contribution >= 0.6 is 0 Å². The summed E-state index contributed by atoms with van der Waals surface area (Å²) in [5, 5.41) is 10.3. The van der Waals surface area contributed by atoms with Crippen molar-refractivity contribution in [1.29, 1.82) is 0 Å². The number of nitrogens with zero attached hydrogens (tertiary/aromatic N) is 3. The number of carbonyl (C=O) groups excluding carboxylic acids is 1. The van der Waals surface area contributed by atoms with Crippen LogP contribution in [0, 0.1) is 5.92 Å². The Balaban J connectivity index is 1.75. The van der Waals surface area contributed by atoms with Gasteiger partial charge in [-0.2, -0.15) is 0 Å². The molecular weight excluding hydrogens is 206 g/mol. The zero-order chi connectivity index (χ0) is 11.6. The summed E-state index contributed by atoms with van der Waals surface area (Å²) in [6.45, 7) is 2.95. The summed E-state index contributed by atoms with van der Waals surface area (Å²) in [7, 11) is 0. The maximum absolute atomic E-state index is 11.8. The lowest BCUT2D eigenvalue weighted by Gasteiger charge is -2.23. The van der Waals surface area contributed by atoms with Gasteiger partial charge >= 0.3 is 0 Å². The fourth-order valence-electron chi connectivity index (χ4n) is 1.69. The maximum Gasteiger partial charge on any atom is 0.240 e. The zero-order valence-electron chi connectivity index (χ0n) is 9.39. The molecule has 0 spiro atoms. The van der Waals surface area contributed by atoms with Crippen LogP contribution in [0.5, 0.6) is 0 Å².